The minimum atomic E-state index is 0.729. The third kappa shape index (κ3) is 3.87. The van der Waals surface area contributed by atoms with E-state index in [1.165, 1.54) is 0 Å². The summed E-state index contributed by atoms with van der Waals surface area (Å²) in [7, 11) is 1.90. The monoisotopic (exact) mass is 311 g/mol. The maximum atomic E-state index is 10.0. The minimum absolute atomic E-state index is 0.729. The first kappa shape index (κ1) is 16.1. The lowest BCUT2D eigenvalue weighted by Gasteiger charge is -2.08. The molecule has 3 aromatic carbocycles. The number of hydrogen-bond acceptors (Lipinski definition) is 4. The Kier molecular flexibility index (Phi) is 6.01. The molecule has 0 saturated carbocycles. The topological polar surface area (TPSA) is 49.3 Å². The Morgan fingerprint density at radius 2 is 1.55 bits per heavy atom. The fourth-order valence-electron chi connectivity index (χ4n) is 2.10. The number of benzene rings is 3. The van der Waals surface area contributed by atoms with Crippen molar-refractivity contribution in [1.82, 2.24) is 0 Å². The number of carbonyl (C=O) groups excluding carboxylic acids is 1. The summed E-state index contributed by atoms with van der Waals surface area (Å²) in [5.74, 6) is 0. The van der Waals surface area contributed by atoms with Crippen LogP contribution in [0.25, 0.3) is 10.8 Å². The molecule has 0 fully saturated rings. The van der Waals surface area contributed by atoms with Gasteiger partial charge in [0.15, 0.2) is 0 Å². The highest BCUT2D eigenvalue weighted by Crippen LogP contribution is 2.30. The maximum Gasteiger partial charge on any atom is 0.150 e. The van der Waals surface area contributed by atoms with E-state index in [4.69, 9.17) is 4.55 Å². The third-order valence-electron chi connectivity index (χ3n) is 3.19. The second-order valence-electron chi connectivity index (χ2n) is 4.53. The van der Waals surface area contributed by atoms with E-state index < -0.39 is 0 Å². The van der Waals surface area contributed by atoms with Crippen LogP contribution in [0, 0.1) is 0 Å². The molecular formula is C18H17NO2S. The predicted molar refractivity (Wildman–Crippen MR) is 93.8 cm³/mol. The largest absolute Gasteiger partial charge is 0.388 e. The fourth-order valence-corrected chi connectivity index (χ4v) is 2.51. The van der Waals surface area contributed by atoms with Crippen molar-refractivity contribution in [1.29, 1.82) is 0 Å². The molecule has 2 N–H and O–H groups in total. The molecule has 0 aliphatic rings. The molecule has 0 aliphatic carbocycles. The number of aldehydes is 1. The summed E-state index contributed by atoms with van der Waals surface area (Å²) in [6.45, 7) is 0. The van der Waals surface area contributed by atoms with Crippen LogP contribution in [0.4, 0.5) is 5.69 Å². The third-order valence-corrected chi connectivity index (χ3v) is 3.74. The first-order chi connectivity index (χ1) is 10.8. The van der Waals surface area contributed by atoms with Gasteiger partial charge in [-0.1, -0.05) is 54.6 Å². The van der Waals surface area contributed by atoms with Crippen LogP contribution in [0.3, 0.4) is 0 Å². The molecule has 3 nitrogen and oxygen atoms in total. The molecule has 0 amide bonds. The molecule has 4 heteroatoms. The van der Waals surface area contributed by atoms with Gasteiger partial charge in [-0.3, -0.25) is 4.79 Å². The van der Waals surface area contributed by atoms with Crippen LogP contribution >= 0.6 is 12.0 Å². The number of nitrogens with one attached hydrogen (secondary N) is 1. The van der Waals surface area contributed by atoms with Crippen molar-refractivity contribution in [3.63, 3.8) is 0 Å². The van der Waals surface area contributed by atoms with E-state index in [2.05, 4.69) is 5.32 Å². The van der Waals surface area contributed by atoms with Crippen molar-refractivity contribution in [3.05, 3.63) is 72.3 Å². The Bertz CT molecular complexity index is 702. The van der Waals surface area contributed by atoms with Crippen LogP contribution in [0.15, 0.2) is 71.6 Å². The summed E-state index contributed by atoms with van der Waals surface area (Å²) in [6.07, 6.45) is 0.833. The van der Waals surface area contributed by atoms with E-state index in [0.717, 1.165) is 45.2 Å². The lowest BCUT2D eigenvalue weighted by Crippen LogP contribution is -1.89. The van der Waals surface area contributed by atoms with Crippen LogP contribution in [-0.4, -0.2) is 17.9 Å². The van der Waals surface area contributed by atoms with Gasteiger partial charge in [-0.05, 0) is 17.5 Å². The van der Waals surface area contributed by atoms with Crippen molar-refractivity contribution in [2.45, 2.75) is 4.90 Å². The molecule has 0 spiro atoms. The van der Waals surface area contributed by atoms with Crippen molar-refractivity contribution in [2.24, 2.45) is 0 Å². The molecule has 3 rings (SSSR count). The van der Waals surface area contributed by atoms with Crippen LogP contribution < -0.4 is 5.32 Å². The van der Waals surface area contributed by atoms with Crippen LogP contribution in [-0.2, 0) is 0 Å². The van der Waals surface area contributed by atoms with E-state index >= 15 is 0 Å². The highest BCUT2D eigenvalue weighted by atomic mass is 32.2. The Balaban J connectivity index is 0.000000188. The molecular weight excluding hydrogens is 294 g/mol. The molecule has 0 heterocycles. The molecule has 0 saturated heterocycles. The summed E-state index contributed by atoms with van der Waals surface area (Å²) in [5.41, 5.74) is 1.81. The molecule has 22 heavy (non-hydrogen) atoms. The molecule has 0 unspecified atom stereocenters. The molecule has 0 bridgehead atoms. The Morgan fingerprint density at radius 3 is 2.09 bits per heavy atom. The normalized spacial score (nSPS) is 9.73. The smallest absolute Gasteiger partial charge is 0.150 e. The number of carbonyl (C=O) groups is 1. The summed E-state index contributed by atoms with van der Waals surface area (Å²) >= 11 is 0.790. The highest BCUT2D eigenvalue weighted by molar-refractivity contribution is 7.94. The van der Waals surface area contributed by atoms with Gasteiger partial charge in [0.05, 0.1) is 0 Å². The zero-order chi connectivity index (χ0) is 15.8. The Morgan fingerprint density at radius 1 is 0.909 bits per heavy atom. The predicted octanol–water partition coefficient (Wildman–Crippen LogP) is 4.95. The summed E-state index contributed by atoms with van der Waals surface area (Å²) in [4.78, 5) is 10.9. The maximum absolute atomic E-state index is 10.0. The number of rotatable bonds is 3. The average Bonchev–Trinajstić information content (AvgIpc) is 2.62. The molecule has 0 aliphatic heterocycles. The number of hydrogen-bond donors (Lipinski definition) is 2. The van der Waals surface area contributed by atoms with E-state index in [-0.39, 0.29) is 0 Å². The first-order valence-electron chi connectivity index (χ1n) is 6.81. The quantitative estimate of drug-likeness (QED) is 0.531. The van der Waals surface area contributed by atoms with Crippen molar-refractivity contribution >= 4 is 34.8 Å². The lowest BCUT2D eigenvalue weighted by molar-refractivity contribution is 0.112. The fraction of sp³-hybridized carbons (Fsp3) is 0.0556. The van der Waals surface area contributed by atoms with Gasteiger partial charge < -0.3 is 9.87 Å². The van der Waals surface area contributed by atoms with Gasteiger partial charge in [-0.15, -0.1) is 0 Å². The zero-order valence-electron chi connectivity index (χ0n) is 12.2. The number of anilines is 1. The molecule has 0 radical (unpaired) electrons. The SMILES string of the molecule is CNc1ccc(SO)c2ccccc12.O=Cc1ccccc1. The second-order valence-corrected chi connectivity index (χ2v) is 5.15. The molecule has 0 aromatic heterocycles. The van der Waals surface area contributed by atoms with Crippen molar-refractivity contribution in [2.75, 3.05) is 12.4 Å². The van der Waals surface area contributed by atoms with Gasteiger partial charge in [0.1, 0.15) is 6.29 Å². The van der Waals surface area contributed by atoms with E-state index in [1.54, 1.807) is 12.1 Å². The van der Waals surface area contributed by atoms with Crippen LogP contribution in [0.2, 0.25) is 0 Å². The Labute approximate surface area is 134 Å². The van der Waals surface area contributed by atoms with Gasteiger partial charge >= 0.3 is 0 Å². The molecule has 0 atom stereocenters. The van der Waals surface area contributed by atoms with Gasteiger partial charge in [0.2, 0.25) is 0 Å². The van der Waals surface area contributed by atoms with Gasteiger partial charge in [-0.2, -0.15) is 0 Å². The van der Waals surface area contributed by atoms with Gasteiger partial charge in [0.25, 0.3) is 0 Å². The highest BCUT2D eigenvalue weighted by Gasteiger charge is 2.03. The summed E-state index contributed by atoms with van der Waals surface area (Å²) in [6, 6.07) is 21.0. The van der Waals surface area contributed by atoms with Crippen molar-refractivity contribution < 1.29 is 9.35 Å². The van der Waals surface area contributed by atoms with Gasteiger partial charge in [-0.25, -0.2) is 0 Å². The summed E-state index contributed by atoms with van der Waals surface area (Å²) in [5, 5.41) is 5.34. The van der Waals surface area contributed by atoms with E-state index in [1.807, 2.05) is 61.6 Å². The number of fused-ring (bicyclic) bond motifs is 1. The Hall–Kier alpha value is -2.30. The minimum Gasteiger partial charge on any atom is -0.388 e. The lowest BCUT2D eigenvalue weighted by atomic mass is 10.1. The second kappa shape index (κ2) is 8.22. The standard InChI is InChI=1S/C11H11NOS.C7H6O/c1-12-10-6-7-11(14-13)9-5-3-2-4-8(9)10;8-6-7-4-2-1-3-5-7/h2-7,12-13H,1H3;1-6H. The van der Waals surface area contributed by atoms with Gasteiger partial charge in [0, 0.05) is 40.6 Å². The molecule has 112 valence electrons. The van der Waals surface area contributed by atoms with E-state index in [0.29, 0.717) is 0 Å². The van der Waals surface area contributed by atoms with E-state index in [9.17, 15) is 4.79 Å². The zero-order valence-corrected chi connectivity index (χ0v) is 13.0. The molecule has 3 aromatic rings. The first-order valence-corrected chi connectivity index (χ1v) is 7.58. The summed E-state index contributed by atoms with van der Waals surface area (Å²) < 4.78 is 9.10. The van der Waals surface area contributed by atoms with Crippen LogP contribution in [0.1, 0.15) is 10.4 Å². The van der Waals surface area contributed by atoms with Crippen molar-refractivity contribution in [3.8, 4) is 0 Å². The average molecular weight is 311 g/mol. The van der Waals surface area contributed by atoms with Crippen LogP contribution in [0.5, 0.6) is 0 Å².